The lowest BCUT2D eigenvalue weighted by atomic mass is 9.67. The van der Waals surface area contributed by atoms with Crippen LogP contribution in [0.5, 0.6) is 0 Å². The second-order valence-electron chi connectivity index (χ2n) is 12.1. The number of allylic oxidation sites excluding steroid dienone is 5. The van der Waals surface area contributed by atoms with Crippen molar-refractivity contribution in [3.8, 4) is 12.3 Å². The molecule has 0 aliphatic heterocycles. The minimum atomic E-state index is 0.402. The first-order valence-electron chi connectivity index (χ1n) is 16.1. The van der Waals surface area contributed by atoms with Crippen LogP contribution in [-0.4, -0.2) is 0 Å². The van der Waals surface area contributed by atoms with Crippen LogP contribution in [0, 0.1) is 29.1 Å². The first kappa shape index (κ1) is 48.5. The number of benzene rings is 1. The Kier molecular flexibility index (Phi) is 40.1. The maximum absolute atomic E-state index is 4.78. The molecular formula is C41H74. The number of hydrogen-bond acceptors (Lipinski definition) is 0. The van der Waals surface area contributed by atoms with Crippen molar-refractivity contribution in [3.63, 3.8) is 0 Å². The first-order valence-corrected chi connectivity index (χ1v) is 16.1. The molecule has 1 aromatic carbocycles. The third kappa shape index (κ3) is 37.7. The van der Waals surface area contributed by atoms with Gasteiger partial charge < -0.3 is 0 Å². The van der Waals surface area contributed by atoms with Gasteiger partial charge in [0.05, 0.1) is 0 Å². The summed E-state index contributed by atoms with van der Waals surface area (Å²) in [6.07, 6.45) is 20.4. The highest BCUT2D eigenvalue weighted by Crippen LogP contribution is 2.42. The molecule has 0 amide bonds. The summed E-state index contributed by atoms with van der Waals surface area (Å²) in [5.41, 5.74) is 3.64. The molecule has 2 atom stereocenters. The normalized spacial score (nSPS) is 11.3. The molecule has 0 N–H and O–H groups in total. The van der Waals surface area contributed by atoms with E-state index in [4.69, 9.17) is 6.42 Å². The average molecular weight is 567 g/mol. The molecule has 0 heteroatoms. The number of hydrogen-bond donors (Lipinski definition) is 0. The molecule has 0 bridgehead atoms. The van der Waals surface area contributed by atoms with E-state index in [9.17, 15) is 0 Å². The van der Waals surface area contributed by atoms with Crippen molar-refractivity contribution in [1.82, 2.24) is 0 Å². The molecule has 0 radical (unpaired) electrons. The molecule has 0 fully saturated rings. The van der Waals surface area contributed by atoms with Gasteiger partial charge in [0.2, 0.25) is 0 Å². The van der Waals surface area contributed by atoms with Crippen molar-refractivity contribution in [3.05, 3.63) is 85.5 Å². The minimum Gasteiger partial charge on any atom is -0.120 e. The molecule has 0 aliphatic rings. The van der Waals surface area contributed by atoms with Crippen molar-refractivity contribution in [1.29, 1.82) is 0 Å². The Labute approximate surface area is 261 Å². The molecule has 41 heavy (non-hydrogen) atoms. The molecule has 0 aromatic heterocycles. The van der Waals surface area contributed by atoms with Gasteiger partial charge in [0, 0.05) is 6.42 Å². The predicted octanol–water partition coefficient (Wildman–Crippen LogP) is 14.4. The summed E-state index contributed by atoms with van der Waals surface area (Å²) in [4.78, 5) is 0. The summed E-state index contributed by atoms with van der Waals surface area (Å²) >= 11 is 0. The van der Waals surface area contributed by atoms with E-state index in [1.807, 2.05) is 32.9 Å². The van der Waals surface area contributed by atoms with E-state index >= 15 is 0 Å². The van der Waals surface area contributed by atoms with Crippen molar-refractivity contribution in [2.24, 2.45) is 16.7 Å². The maximum atomic E-state index is 4.78. The van der Waals surface area contributed by atoms with Crippen molar-refractivity contribution >= 4 is 0 Å². The van der Waals surface area contributed by atoms with Gasteiger partial charge in [-0.3, -0.25) is 0 Å². The Morgan fingerprint density at radius 1 is 0.878 bits per heavy atom. The van der Waals surface area contributed by atoms with Gasteiger partial charge in [0.15, 0.2) is 0 Å². The van der Waals surface area contributed by atoms with Crippen LogP contribution in [0.3, 0.4) is 0 Å². The molecule has 0 aliphatic carbocycles. The summed E-state index contributed by atoms with van der Waals surface area (Å²) in [7, 11) is 0. The van der Waals surface area contributed by atoms with Gasteiger partial charge >= 0.3 is 0 Å². The van der Waals surface area contributed by atoms with Gasteiger partial charge in [0.1, 0.15) is 0 Å². The van der Waals surface area contributed by atoms with Crippen LogP contribution in [0.1, 0.15) is 153 Å². The van der Waals surface area contributed by atoms with E-state index in [2.05, 4.69) is 132 Å². The largest absolute Gasteiger partial charge is 0.120 e. The molecule has 238 valence electrons. The Balaban J connectivity index is -0.000000146. The van der Waals surface area contributed by atoms with E-state index in [0.717, 1.165) is 18.8 Å². The summed E-state index contributed by atoms with van der Waals surface area (Å²) in [5, 5.41) is 0. The molecule has 0 saturated carbocycles. The second-order valence-corrected chi connectivity index (χ2v) is 12.1. The lowest BCUT2D eigenvalue weighted by molar-refractivity contribution is 0.129. The third-order valence-electron chi connectivity index (χ3n) is 6.77. The van der Waals surface area contributed by atoms with Gasteiger partial charge in [-0.25, -0.2) is 0 Å². The molecule has 0 spiro atoms. The quantitative estimate of drug-likeness (QED) is 0.150. The molecule has 1 rings (SSSR count). The summed E-state index contributed by atoms with van der Waals surface area (Å²) in [5.74, 6) is 3.97. The van der Waals surface area contributed by atoms with Crippen LogP contribution in [0.25, 0.3) is 0 Å². The Hall–Kier alpha value is -2.26. The summed E-state index contributed by atoms with van der Waals surface area (Å²) < 4.78 is 0. The highest BCUT2D eigenvalue weighted by atomic mass is 14.4. The molecular weight excluding hydrogens is 492 g/mol. The zero-order chi connectivity index (χ0) is 33.3. The van der Waals surface area contributed by atoms with Crippen LogP contribution < -0.4 is 0 Å². The average Bonchev–Trinajstić information content (AvgIpc) is 2.96. The van der Waals surface area contributed by atoms with E-state index in [1.165, 1.54) is 43.2 Å². The van der Waals surface area contributed by atoms with Crippen LogP contribution >= 0.6 is 0 Å². The monoisotopic (exact) mass is 567 g/mol. The molecule has 0 nitrogen and oxygen atoms in total. The SMILES string of the molecule is C#CCC.C/C=C\C.C=C(C)CC(C)(C)CC(CC)C(C)(C)CC.C=CC=C.CCC.CCC(C)c1ccccc1. The maximum Gasteiger partial charge on any atom is 0.00576 e. The fourth-order valence-electron chi connectivity index (χ4n) is 3.84. The molecule has 0 heterocycles. The molecule has 2 unspecified atom stereocenters. The standard InChI is InChI=1S/C16H32.C10H14.C4H8.2C4H6.C3H8/c1-9-14(16(7,8)10-2)12-15(5,6)11-13(3)4;1-3-9(2)10-7-5-4-6-8-10;3*1-3-4-2;1-3-2/h14H,3,9-12H2,1-2,4-8H3;4-9H,3H2,1-2H3;3-4H,1-2H3;3-4H,1-2H2;1H,4H2,2H3;3H2,1-2H3/b;;4-3-;;;. The third-order valence-corrected chi connectivity index (χ3v) is 6.77. The Morgan fingerprint density at radius 3 is 1.54 bits per heavy atom. The lowest BCUT2D eigenvalue weighted by Gasteiger charge is -2.38. The zero-order valence-electron chi connectivity index (χ0n) is 30.5. The van der Waals surface area contributed by atoms with Crippen molar-refractivity contribution in [2.45, 2.75) is 148 Å². The topological polar surface area (TPSA) is 0 Å². The minimum absolute atomic E-state index is 0.402. The van der Waals surface area contributed by atoms with Crippen LogP contribution in [0.4, 0.5) is 0 Å². The van der Waals surface area contributed by atoms with Gasteiger partial charge in [0.25, 0.3) is 0 Å². The van der Waals surface area contributed by atoms with E-state index in [0.29, 0.717) is 16.7 Å². The Morgan fingerprint density at radius 2 is 1.29 bits per heavy atom. The zero-order valence-corrected chi connectivity index (χ0v) is 30.5. The van der Waals surface area contributed by atoms with E-state index < -0.39 is 0 Å². The lowest BCUT2D eigenvalue weighted by Crippen LogP contribution is -2.28. The summed E-state index contributed by atoms with van der Waals surface area (Å²) in [6.45, 7) is 41.8. The highest BCUT2D eigenvalue weighted by molar-refractivity contribution is 5.18. The molecule has 0 saturated heterocycles. The fourth-order valence-corrected chi connectivity index (χ4v) is 3.84. The van der Waals surface area contributed by atoms with Crippen molar-refractivity contribution < 1.29 is 0 Å². The Bertz CT molecular complexity index is 741. The number of rotatable bonds is 10. The highest BCUT2D eigenvalue weighted by Gasteiger charge is 2.31. The predicted molar refractivity (Wildman–Crippen MR) is 197 cm³/mol. The van der Waals surface area contributed by atoms with Crippen LogP contribution in [0.2, 0.25) is 0 Å². The van der Waals surface area contributed by atoms with Gasteiger partial charge in [-0.15, -0.1) is 18.9 Å². The van der Waals surface area contributed by atoms with Crippen LogP contribution in [0.15, 0.2) is 79.9 Å². The van der Waals surface area contributed by atoms with Crippen molar-refractivity contribution in [2.75, 3.05) is 0 Å². The first-order chi connectivity index (χ1) is 19.1. The second kappa shape index (κ2) is 33.9. The summed E-state index contributed by atoms with van der Waals surface area (Å²) in [6, 6.07) is 10.6. The van der Waals surface area contributed by atoms with Gasteiger partial charge in [-0.1, -0.05) is 169 Å². The smallest absolute Gasteiger partial charge is 0.00576 e. The van der Waals surface area contributed by atoms with E-state index in [-0.39, 0.29) is 0 Å². The van der Waals surface area contributed by atoms with Gasteiger partial charge in [-0.2, -0.15) is 0 Å². The fraction of sp³-hybridized carbons (Fsp3) is 0.610. The van der Waals surface area contributed by atoms with Gasteiger partial charge in [-0.05, 0) is 68.3 Å². The van der Waals surface area contributed by atoms with E-state index in [1.54, 1.807) is 12.2 Å². The van der Waals surface area contributed by atoms with Crippen LogP contribution in [-0.2, 0) is 0 Å². The molecule has 1 aromatic rings. The number of terminal acetylenes is 1.